The first kappa shape index (κ1) is 35.5. The summed E-state index contributed by atoms with van der Waals surface area (Å²) in [6.45, 7) is 1.91. The normalized spacial score (nSPS) is 15.7. The van der Waals surface area contributed by atoms with Gasteiger partial charge in [0, 0.05) is 51.6 Å². The van der Waals surface area contributed by atoms with Crippen molar-refractivity contribution in [3.8, 4) is 11.1 Å². The van der Waals surface area contributed by atoms with Gasteiger partial charge in [0.2, 0.25) is 11.8 Å². The number of likely N-dealkylation sites (N-methyl/N-ethyl adjacent to an activating group) is 2. The van der Waals surface area contributed by atoms with Gasteiger partial charge in [0.25, 0.3) is 5.91 Å². The molecule has 1 aliphatic heterocycles. The topological polar surface area (TPSA) is 99.0 Å². The first-order valence-electron chi connectivity index (χ1n) is 17.2. The molecule has 4 aromatic rings. The van der Waals surface area contributed by atoms with Crippen molar-refractivity contribution in [3.63, 3.8) is 0 Å². The van der Waals surface area contributed by atoms with Crippen LogP contribution in [0.2, 0.25) is 0 Å². The van der Waals surface area contributed by atoms with Gasteiger partial charge >= 0.3 is 0 Å². The number of benzene rings is 4. The molecule has 0 bridgehead atoms. The van der Waals surface area contributed by atoms with Gasteiger partial charge in [-0.2, -0.15) is 0 Å². The number of nitrogens with zero attached hydrogens (tertiary/aromatic N) is 3. The van der Waals surface area contributed by atoms with Gasteiger partial charge in [-0.15, -0.1) is 0 Å². The quantitative estimate of drug-likeness (QED) is 0.195. The Labute approximate surface area is 290 Å². The Hall–Kier alpha value is -4.79. The summed E-state index contributed by atoms with van der Waals surface area (Å²) in [5.74, 6) is -0.784. The number of nitrogens with two attached hydrogens (primary N) is 1. The van der Waals surface area contributed by atoms with Crippen molar-refractivity contribution in [3.05, 3.63) is 131 Å². The van der Waals surface area contributed by atoms with Crippen molar-refractivity contribution in [2.24, 2.45) is 5.73 Å². The maximum Gasteiger partial charge on any atom is 0.254 e. The van der Waals surface area contributed by atoms with Crippen molar-refractivity contribution >= 4 is 17.7 Å². The van der Waals surface area contributed by atoms with E-state index in [0.717, 1.165) is 47.2 Å². The van der Waals surface area contributed by atoms with Gasteiger partial charge in [0.05, 0.1) is 0 Å². The highest BCUT2D eigenvalue weighted by molar-refractivity contribution is 5.98. The summed E-state index contributed by atoms with van der Waals surface area (Å²) < 4.78 is 0. The Bertz CT molecular complexity index is 1680. The van der Waals surface area contributed by atoms with Crippen LogP contribution in [0, 0.1) is 0 Å². The monoisotopic (exact) mass is 659 g/mol. The van der Waals surface area contributed by atoms with Crippen LogP contribution in [0.1, 0.15) is 46.3 Å². The lowest BCUT2D eigenvalue weighted by molar-refractivity contribution is -0.142. The van der Waals surface area contributed by atoms with Crippen LogP contribution in [-0.4, -0.2) is 84.8 Å². The first-order valence-corrected chi connectivity index (χ1v) is 17.2. The van der Waals surface area contributed by atoms with Crippen LogP contribution in [0.4, 0.5) is 0 Å². The molecule has 0 radical (unpaired) electrons. The number of amides is 3. The molecule has 1 aliphatic rings. The van der Waals surface area contributed by atoms with E-state index in [0.29, 0.717) is 31.1 Å². The average molecular weight is 660 g/mol. The molecule has 256 valence electrons. The summed E-state index contributed by atoms with van der Waals surface area (Å²) in [4.78, 5) is 47.8. The van der Waals surface area contributed by atoms with Gasteiger partial charge < -0.3 is 25.8 Å². The number of rotatable bonds is 14. The van der Waals surface area contributed by atoms with Gasteiger partial charge in [-0.1, -0.05) is 97.1 Å². The van der Waals surface area contributed by atoms with Gasteiger partial charge in [-0.3, -0.25) is 14.4 Å². The molecule has 1 fully saturated rings. The van der Waals surface area contributed by atoms with Crippen LogP contribution in [0.15, 0.2) is 109 Å². The van der Waals surface area contributed by atoms with Gasteiger partial charge in [0.15, 0.2) is 0 Å². The number of nitrogens with one attached hydrogen (secondary N) is 1. The van der Waals surface area contributed by atoms with Crippen molar-refractivity contribution in [2.75, 3.05) is 34.2 Å². The molecule has 0 saturated carbocycles. The lowest BCUT2D eigenvalue weighted by Crippen LogP contribution is -2.56. The van der Waals surface area contributed by atoms with Gasteiger partial charge in [-0.25, -0.2) is 0 Å². The van der Waals surface area contributed by atoms with Crippen molar-refractivity contribution in [1.29, 1.82) is 0 Å². The molecular weight excluding hydrogens is 610 g/mol. The first-order chi connectivity index (χ1) is 23.7. The van der Waals surface area contributed by atoms with Crippen LogP contribution >= 0.6 is 0 Å². The maximum atomic E-state index is 14.6. The Morgan fingerprint density at radius 3 is 2.04 bits per heavy atom. The molecule has 3 atom stereocenters. The minimum Gasteiger partial charge on any atom is -0.354 e. The average Bonchev–Trinajstić information content (AvgIpc) is 3.56. The van der Waals surface area contributed by atoms with Crippen molar-refractivity contribution < 1.29 is 14.4 Å². The number of carbonyl (C=O) groups is 3. The summed E-state index contributed by atoms with van der Waals surface area (Å²) in [6, 6.07) is 34.0. The summed E-state index contributed by atoms with van der Waals surface area (Å²) in [7, 11) is 5.47. The lowest BCUT2D eigenvalue weighted by atomic mass is 9.97. The summed E-state index contributed by atoms with van der Waals surface area (Å²) in [5.41, 5.74) is 11.2. The number of hydrogen-bond donors (Lipinski definition) is 2. The molecule has 0 aromatic heterocycles. The third-order valence-electron chi connectivity index (χ3n) is 9.81. The Morgan fingerprint density at radius 2 is 1.39 bits per heavy atom. The van der Waals surface area contributed by atoms with E-state index < -0.39 is 12.1 Å². The molecule has 8 heteroatoms. The maximum absolute atomic E-state index is 14.6. The van der Waals surface area contributed by atoms with E-state index in [1.54, 1.807) is 32.3 Å². The minimum atomic E-state index is -0.861. The largest absolute Gasteiger partial charge is 0.354 e. The molecule has 3 unspecified atom stereocenters. The molecule has 8 nitrogen and oxygen atoms in total. The van der Waals surface area contributed by atoms with Crippen LogP contribution in [-0.2, 0) is 29.0 Å². The third kappa shape index (κ3) is 9.22. The molecule has 1 heterocycles. The number of hydrogen-bond acceptors (Lipinski definition) is 5. The number of carbonyl (C=O) groups excluding carboxylic acids is 3. The van der Waals surface area contributed by atoms with E-state index >= 15 is 0 Å². The highest BCUT2D eigenvalue weighted by Gasteiger charge is 2.35. The second-order valence-corrected chi connectivity index (χ2v) is 13.1. The van der Waals surface area contributed by atoms with Crippen molar-refractivity contribution in [1.82, 2.24) is 20.0 Å². The Kier molecular flexibility index (Phi) is 12.4. The fourth-order valence-electron chi connectivity index (χ4n) is 6.71. The highest BCUT2D eigenvalue weighted by Crippen LogP contribution is 2.23. The van der Waals surface area contributed by atoms with Crippen LogP contribution < -0.4 is 11.1 Å². The van der Waals surface area contributed by atoms with Gasteiger partial charge in [0.1, 0.15) is 12.1 Å². The zero-order valence-corrected chi connectivity index (χ0v) is 28.9. The molecular formula is C41H49N5O3. The van der Waals surface area contributed by atoms with E-state index in [-0.39, 0.29) is 24.1 Å². The minimum absolute atomic E-state index is 0.198. The van der Waals surface area contributed by atoms with Crippen LogP contribution in [0.3, 0.4) is 0 Å². The van der Waals surface area contributed by atoms with E-state index in [2.05, 4.69) is 29.4 Å². The van der Waals surface area contributed by atoms with Crippen LogP contribution in [0.5, 0.6) is 0 Å². The van der Waals surface area contributed by atoms with Crippen LogP contribution in [0.25, 0.3) is 11.1 Å². The summed E-state index contributed by atoms with van der Waals surface area (Å²) >= 11 is 0. The Balaban J connectivity index is 1.41. The van der Waals surface area contributed by atoms with Crippen molar-refractivity contribution in [2.45, 2.75) is 56.8 Å². The fourth-order valence-corrected chi connectivity index (χ4v) is 6.71. The Morgan fingerprint density at radius 1 is 0.776 bits per heavy atom. The van der Waals surface area contributed by atoms with E-state index in [1.165, 1.54) is 16.2 Å². The molecule has 1 saturated heterocycles. The fraction of sp³-hybridized carbons (Fsp3) is 0.341. The summed E-state index contributed by atoms with van der Waals surface area (Å²) in [5, 5.41) is 3.14. The summed E-state index contributed by atoms with van der Waals surface area (Å²) in [6.07, 6.45) is 3.79. The molecule has 3 N–H and O–H groups in total. The molecule has 3 amide bonds. The van der Waals surface area contributed by atoms with E-state index in [9.17, 15) is 14.4 Å². The second kappa shape index (κ2) is 17.0. The molecule has 5 rings (SSSR count). The number of likely N-dealkylation sites (tertiary alicyclic amines) is 1. The standard InChI is InChI=1S/C41H49N5O3/c1-44-25-11-18-36(44)23-24-43-39(47)37(27-30-12-6-4-7-13-30)45(2)41(49)38(46(3)40(48)35-17-10-14-32(26-35)29-42)28-31-19-21-34(22-20-31)33-15-8-5-9-16-33/h4-10,12-17,19-22,26,36-38H,11,18,23-25,27-29,42H2,1-3H3,(H,43,47). The second-order valence-electron chi connectivity index (χ2n) is 13.1. The zero-order valence-electron chi connectivity index (χ0n) is 28.9. The zero-order chi connectivity index (χ0) is 34.8. The molecule has 0 spiro atoms. The molecule has 49 heavy (non-hydrogen) atoms. The lowest BCUT2D eigenvalue weighted by Gasteiger charge is -2.35. The smallest absolute Gasteiger partial charge is 0.254 e. The predicted octanol–water partition coefficient (Wildman–Crippen LogP) is 5.17. The van der Waals surface area contributed by atoms with Gasteiger partial charge in [-0.05, 0) is 72.8 Å². The molecule has 0 aliphatic carbocycles. The highest BCUT2D eigenvalue weighted by atomic mass is 16.2. The van der Waals surface area contributed by atoms with E-state index in [4.69, 9.17) is 5.73 Å². The predicted molar refractivity (Wildman–Crippen MR) is 196 cm³/mol. The van der Waals surface area contributed by atoms with E-state index in [1.807, 2.05) is 78.9 Å². The third-order valence-corrected chi connectivity index (χ3v) is 9.81. The SMILES string of the molecule is CN1CCCC1CCNC(=O)C(Cc1ccccc1)N(C)C(=O)C(Cc1ccc(-c2ccccc2)cc1)N(C)C(=O)c1cccc(CN)c1. The molecule has 4 aromatic carbocycles.